The number of amides is 7. The van der Waals surface area contributed by atoms with Gasteiger partial charge in [-0.3, -0.25) is 43.8 Å². The van der Waals surface area contributed by atoms with Gasteiger partial charge in [-0.15, -0.1) is 0 Å². The van der Waals surface area contributed by atoms with E-state index in [4.69, 9.17) is 22.6 Å². The number of aliphatic hydroxyl groups excluding tert-OH is 1. The fourth-order valence-electron chi connectivity index (χ4n) is 5.63. The van der Waals surface area contributed by atoms with Gasteiger partial charge in [0.15, 0.2) is 5.96 Å². The molecule has 1 aromatic rings. The van der Waals surface area contributed by atoms with Crippen LogP contribution in [0.4, 0.5) is 0 Å². The lowest BCUT2D eigenvalue weighted by atomic mass is 9.99. The van der Waals surface area contributed by atoms with E-state index in [9.17, 15) is 53.7 Å². The molecular weight excluding hydrogens is 786 g/mol. The van der Waals surface area contributed by atoms with Crippen LogP contribution in [0.2, 0.25) is 0 Å². The van der Waals surface area contributed by atoms with E-state index in [1.54, 1.807) is 27.7 Å². The summed E-state index contributed by atoms with van der Waals surface area (Å²) in [5, 5.41) is 54.4. The first-order valence-electron chi connectivity index (χ1n) is 19.6. The summed E-state index contributed by atoms with van der Waals surface area (Å²) >= 11 is 0. The van der Waals surface area contributed by atoms with Gasteiger partial charge in [0.25, 0.3) is 0 Å². The van der Waals surface area contributed by atoms with E-state index < -0.39 is 114 Å². The Kier molecular flexibility index (Phi) is 22.1. The van der Waals surface area contributed by atoms with E-state index in [2.05, 4.69) is 37.2 Å². The van der Waals surface area contributed by atoms with E-state index in [1.807, 2.05) is 0 Å². The second-order valence-corrected chi connectivity index (χ2v) is 15.3. The number of primary amides is 1. The zero-order valence-electron chi connectivity index (χ0n) is 34.9. The number of aliphatic hydroxyl groups is 1. The average molecular weight is 850 g/mol. The van der Waals surface area contributed by atoms with Crippen molar-refractivity contribution in [1.29, 1.82) is 5.41 Å². The number of carbonyl (C=O) groups is 8. The normalized spacial score (nSPS) is 15.1. The first-order valence-corrected chi connectivity index (χ1v) is 19.6. The van der Waals surface area contributed by atoms with Crippen LogP contribution in [0.3, 0.4) is 0 Å². The third kappa shape index (κ3) is 19.1. The second-order valence-electron chi connectivity index (χ2n) is 15.3. The van der Waals surface area contributed by atoms with Crippen molar-refractivity contribution in [2.45, 2.75) is 128 Å². The van der Waals surface area contributed by atoms with Crippen LogP contribution in [0.25, 0.3) is 0 Å². The molecule has 22 heteroatoms. The third-order valence-corrected chi connectivity index (χ3v) is 9.07. The van der Waals surface area contributed by atoms with Crippen molar-refractivity contribution < 1.29 is 53.7 Å². The van der Waals surface area contributed by atoms with Crippen LogP contribution in [0.5, 0.6) is 5.75 Å². The third-order valence-electron chi connectivity index (χ3n) is 9.07. The number of nitrogens with one attached hydrogen (secondary N) is 8. The maximum Gasteiger partial charge on any atom is 0.303 e. The molecule has 8 atom stereocenters. The summed E-state index contributed by atoms with van der Waals surface area (Å²) in [4.78, 5) is 104. The molecule has 0 aromatic heterocycles. The van der Waals surface area contributed by atoms with Gasteiger partial charge in [-0.25, -0.2) is 0 Å². The van der Waals surface area contributed by atoms with Crippen LogP contribution < -0.4 is 54.4 Å². The van der Waals surface area contributed by atoms with E-state index in [0.717, 1.165) is 0 Å². The Morgan fingerprint density at radius 3 is 1.72 bits per heavy atom. The van der Waals surface area contributed by atoms with Crippen LogP contribution in [-0.4, -0.2) is 124 Å². The number of rotatable bonds is 26. The van der Waals surface area contributed by atoms with Gasteiger partial charge in [-0.05, 0) is 69.1 Å². The number of carbonyl (C=O) groups excluding carboxylic acids is 7. The van der Waals surface area contributed by atoms with Crippen molar-refractivity contribution in [3.05, 3.63) is 29.8 Å². The van der Waals surface area contributed by atoms with E-state index in [-0.39, 0.29) is 43.4 Å². The highest BCUT2D eigenvalue weighted by Gasteiger charge is 2.36. The summed E-state index contributed by atoms with van der Waals surface area (Å²) in [6.45, 7) is 9.47. The Morgan fingerprint density at radius 2 is 1.20 bits per heavy atom. The summed E-state index contributed by atoms with van der Waals surface area (Å²) in [7, 11) is 0. The molecule has 7 amide bonds. The van der Waals surface area contributed by atoms with Crippen molar-refractivity contribution in [3.63, 3.8) is 0 Å². The van der Waals surface area contributed by atoms with Crippen molar-refractivity contribution in [3.8, 4) is 5.75 Å². The number of phenolic OH excluding ortho intramolecular Hbond substituents is 1. The Balaban J connectivity index is 3.30. The number of carboxylic acid groups (broad SMARTS) is 1. The zero-order valence-corrected chi connectivity index (χ0v) is 34.9. The summed E-state index contributed by atoms with van der Waals surface area (Å²) in [6, 6.07) is -3.58. The molecule has 4 unspecified atom stereocenters. The molecule has 60 heavy (non-hydrogen) atoms. The molecule has 22 nitrogen and oxygen atoms in total. The SMILES string of the molecule is CC(C)CC(NC(=O)[C@@H](CCC(=O)O)NC(=O)C(NC(=O)C(NC(=O)C(Cc1ccc(O)cc1)NC(=O)[C@H](N)CCCNC(=N)N)[C@@H](C)O)C(C)C)C(=O)N[C@H](C)C(N)=O. The second kappa shape index (κ2) is 25.5. The number of carboxylic acids is 1. The molecule has 1 rings (SSSR count). The molecule has 0 aliphatic carbocycles. The van der Waals surface area contributed by atoms with Crippen molar-refractivity contribution >= 4 is 53.3 Å². The number of hydrogen-bond acceptors (Lipinski definition) is 12. The maximum atomic E-state index is 13.7. The molecule has 1 aromatic carbocycles. The van der Waals surface area contributed by atoms with Gasteiger partial charge < -0.3 is 69.7 Å². The number of nitrogens with two attached hydrogens (primary N) is 3. The molecular formula is C38H63N11O11. The Labute approximate surface area is 348 Å². The molecule has 0 saturated heterocycles. The van der Waals surface area contributed by atoms with Crippen LogP contribution in [-0.2, 0) is 44.8 Å². The van der Waals surface area contributed by atoms with E-state index in [1.165, 1.54) is 38.1 Å². The van der Waals surface area contributed by atoms with Gasteiger partial charge in [-0.1, -0.05) is 39.8 Å². The molecule has 0 aliphatic rings. The lowest BCUT2D eigenvalue weighted by molar-refractivity contribution is -0.139. The molecule has 0 saturated carbocycles. The number of aromatic hydroxyl groups is 1. The zero-order chi connectivity index (χ0) is 45.9. The van der Waals surface area contributed by atoms with Gasteiger partial charge >= 0.3 is 5.97 Å². The Bertz CT molecular complexity index is 1660. The highest BCUT2D eigenvalue weighted by Crippen LogP contribution is 2.13. The number of benzene rings is 1. The molecule has 0 fully saturated rings. The molecule has 0 radical (unpaired) electrons. The Morgan fingerprint density at radius 1 is 0.683 bits per heavy atom. The van der Waals surface area contributed by atoms with Gasteiger partial charge in [0.1, 0.15) is 42.0 Å². The smallest absolute Gasteiger partial charge is 0.303 e. The van der Waals surface area contributed by atoms with Crippen molar-refractivity contribution in [2.75, 3.05) is 6.54 Å². The number of aliphatic carboxylic acids is 1. The van der Waals surface area contributed by atoms with E-state index in [0.29, 0.717) is 12.0 Å². The largest absolute Gasteiger partial charge is 0.508 e. The molecule has 17 N–H and O–H groups in total. The molecule has 0 spiro atoms. The number of hydrogen-bond donors (Lipinski definition) is 14. The fourth-order valence-corrected chi connectivity index (χ4v) is 5.63. The molecule has 336 valence electrons. The predicted octanol–water partition coefficient (Wildman–Crippen LogP) is -3.11. The number of phenols is 1. The minimum atomic E-state index is -1.69. The quantitative estimate of drug-likeness (QED) is 0.0249. The summed E-state index contributed by atoms with van der Waals surface area (Å²) in [5.41, 5.74) is 17.1. The maximum absolute atomic E-state index is 13.7. The van der Waals surface area contributed by atoms with Gasteiger partial charge in [-0.2, -0.15) is 0 Å². The average Bonchev–Trinajstić information content (AvgIpc) is 3.15. The van der Waals surface area contributed by atoms with Crippen LogP contribution in [0, 0.1) is 17.2 Å². The van der Waals surface area contributed by atoms with Crippen LogP contribution in [0.15, 0.2) is 24.3 Å². The molecule has 0 bridgehead atoms. The topological polar surface area (TPSA) is 383 Å². The molecule has 0 aliphatic heterocycles. The summed E-state index contributed by atoms with van der Waals surface area (Å²) < 4.78 is 0. The van der Waals surface area contributed by atoms with E-state index >= 15 is 0 Å². The highest BCUT2D eigenvalue weighted by molar-refractivity contribution is 5.97. The first kappa shape index (κ1) is 52.0. The monoisotopic (exact) mass is 849 g/mol. The Hall–Kier alpha value is -6.03. The first-order chi connectivity index (χ1) is 27.9. The predicted molar refractivity (Wildman–Crippen MR) is 218 cm³/mol. The summed E-state index contributed by atoms with van der Waals surface area (Å²) in [6.07, 6.45) is -2.07. The minimum Gasteiger partial charge on any atom is -0.508 e. The molecule has 0 heterocycles. The minimum absolute atomic E-state index is 0.0529. The van der Waals surface area contributed by atoms with Gasteiger partial charge in [0, 0.05) is 19.4 Å². The van der Waals surface area contributed by atoms with Gasteiger partial charge in [0.05, 0.1) is 12.1 Å². The summed E-state index contributed by atoms with van der Waals surface area (Å²) in [5.74, 6) is -8.49. The van der Waals surface area contributed by atoms with Crippen LogP contribution in [0.1, 0.15) is 79.2 Å². The number of guanidine groups is 1. The van der Waals surface area contributed by atoms with Crippen molar-refractivity contribution in [1.82, 2.24) is 37.2 Å². The lowest BCUT2D eigenvalue weighted by Gasteiger charge is -2.29. The van der Waals surface area contributed by atoms with Gasteiger partial charge in [0.2, 0.25) is 41.4 Å². The van der Waals surface area contributed by atoms with Crippen molar-refractivity contribution in [2.24, 2.45) is 29.0 Å². The van der Waals surface area contributed by atoms with Crippen LogP contribution >= 0.6 is 0 Å². The fraction of sp³-hybridized carbons (Fsp3) is 0.605. The lowest BCUT2D eigenvalue weighted by Crippen LogP contribution is -2.62. The highest BCUT2D eigenvalue weighted by atomic mass is 16.4. The standard InChI is InChI=1S/C38H63N11O11/c1-18(2)16-26(34(57)44-20(5)31(40)54)47-33(56)25(13-14-28(52)53)45-36(59)29(19(3)4)48-37(60)30(21(6)50)49-35(58)27(17-22-9-11-23(51)12-10-22)46-32(55)24(39)8-7-15-43-38(41)42/h9-12,18-21,24-27,29-30,50-51H,7-8,13-17,39H2,1-6H3,(H2,40,54)(H,44,57)(H,45,59)(H,46,55)(H,47,56)(H,48,60)(H,49,58)(H,52,53)(H4,41,42,43)/t20-,21-,24-,25-,26?,27?,29?,30?/m1/s1.